The van der Waals surface area contributed by atoms with Gasteiger partial charge in [0.05, 0.1) is 18.1 Å². The lowest BCUT2D eigenvalue weighted by atomic mass is 9.88. The van der Waals surface area contributed by atoms with Crippen LogP contribution in [-0.2, 0) is 16.1 Å². The molecule has 108 valence electrons. The molecule has 2 unspecified atom stereocenters. The number of fused-ring (bicyclic) bond motifs is 1. The number of ether oxygens (including phenoxy) is 1. The van der Waals surface area contributed by atoms with E-state index in [2.05, 4.69) is 29.7 Å². The highest BCUT2D eigenvalue weighted by molar-refractivity contribution is 5.85. The molecule has 2 heterocycles. The maximum atomic E-state index is 12.6. The molecule has 0 saturated carbocycles. The van der Waals surface area contributed by atoms with Crippen LogP contribution in [0, 0.1) is 0 Å². The van der Waals surface area contributed by atoms with Gasteiger partial charge in [-0.15, -0.1) is 0 Å². The Morgan fingerprint density at radius 1 is 1.45 bits per heavy atom. The lowest BCUT2D eigenvalue weighted by Crippen LogP contribution is -2.54. The highest BCUT2D eigenvalue weighted by Gasteiger charge is 2.33. The third kappa shape index (κ3) is 2.72. The van der Waals surface area contributed by atoms with Crippen molar-refractivity contribution in [1.82, 2.24) is 10.6 Å². The second-order valence-corrected chi connectivity index (χ2v) is 6.09. The van der Waals surface area contributed by atoms with Crippen molar-refractivity contribution >= 4 is 5.91 Å². The molecule has 0 aromatic heterocycles. The van der Waals surface area contributed by atoms with Gasteiger partial charge in [-0.25, -0.2) is 0 Å². The molecular formula is C16H22N2O2. The van der Waals surface area contributed by atoms with Crippen molar-refractivity contribution in [3.63, 3.8) is 0 Å². The average molecular weight is 274 g/mol. The number of carbonyl (C=O) groups excluding carboxylic acids is 1. The third-order valence-corrected chi connectivity index (χ3v) is 4.27. The summed E-state index contributed by atoms with van der Waals surface area (Å²) in [6.07, 6.45) is 2.00. The normalized spacial score (nSPS) is 29.6. The Kier molecular flexibility index (Phi) is 3.76. The summed E-state index contributed by atoms with van der Waals surface area (Å²) in [5.41, 5.74) is 2.16. The van der Waals surface area contributed by atoms with E-state index in [1.807, 2.05) is 12.1 Å². The van der Waals surface area contributed by atoms with Crippen LogP contribution in [0.3, 0.4) is 0 Å². The van der Waals surface area contributed by atoms with E-state index in [0.717, 1.165) is 31.6 Å². The minimum atomic E-state index is -0.221. The summed E-state index contributed by atoms with van der Waals surface area (Å²) < 4.78 is 5.51. The maximum absolute atomic E-state index is 12.6. The Morgan fingerprint density at radius 3 is 3.10 bits per heavy atom. The fourth-order valence-electron chi connectivity index (χ4n) is 3.15. The van der Waals surface area contributed by atoms with Gasteiger partial charge in [-0.3, -0.25) is 4.79 Å². The van der Waals surface area contributed by atoms with E-state index in [9.17, 15) is 4.79 Å². The summed E-state index contributed by atoms with van der Waals surface area (Å²) >= 11 is 0. The molecule has 3 rings (SSSR count). The second kappa shape index (κ2) is 5.54. The number of rotatable bonds is 2. The Hall–Kier alpha value is -1.39. The van der Waals surface area contributed by atoms with Gasteiger partial charge in [-0.05, 0) is 30.9 Å². The van der Waals surface area contributed by atoms with E-state index < -0.39 is 0 Å². The van der Waals surface area contributed by atoms with Crippen LogP contribution in [-0.4, -0.2) is 31.2 Å². The molecule has 1 amide bonds. The lowest BCUT2D eigenvalue weighted by Gasteiger charge is -2.36. The molecule has 0 aliphatic carbocycles. The molecule has 4 nitrogen and oxygen atoms in total. The summed E-state index contributed by atoms with van der Waals surface area (Å²) in [5, 5.41) is 6.53. The standard InChI is InChI=1S/C16H22N2O2/c1-16(7-4-8-20-11-16)18-15(19)14-10-17-9-12-5-2-3-6-13(12)14/h2-3,5-6,14,17H,4,7-11H2,1H3,(H,18,19). The van der Waals surface area contributed by atoms with E-state index in [0.29, 0.717) is 13.2 Å². The summed E-state index contributed by atoms with van der Waals surface area (Å²) in [5.74, 6) is 0.0105. The minimum Gasteiger partial charge on any atom is -0.379 e. The number of hydrogen-bond donors (Lipinski definition) is 2. The van der Waals surface area contributed by atoms with Crippen LogP contribution in [0.4, 0.5) is 0 Å². The molecule has 1 aromatic rings. The van der Waals surface area contributed by atoms with Gasteiger partial charge in [-0.2, -0.15) is 0 Å². The van der Waals surface area contributed by atoms with E-state index in [-0.39, 0.29) is 17.4 Å². The fourth-order valence-corrected chi connectivity index (χ4v) is 3.15. The van der Waals surface area contributed by atoms with Gasteiger partial charge in [0.1, 0.15) is 0 Å². The first-order chi connectivity index (χ1) is 9.68. The highest BCUT2D eigenvalue weighted by atomic mass is 16.5. The first-order valence-electron chi connectivity index (χ1n) is 7.36. The maximum Gasteiger partial charge on any atom is 0.229 e. The summed E-state index contributed by atoms with van der Waals surface area (Å²) in [6.45, 7) is 5.05. The third-order valence-electron chi connectivity index (χ3n) is 4.27. The fraction of sp³-hybridized carbons (Fsp3) is 0.562. The van der Waals surface area contributed by atoms with E-state index >= 15 is 0 Å². The molecule has 0 spiro atoms. The molecule has 2 aliphatic rings. The van der Waals surface area contributed by atoms with Gasteiger partial charge in [0, 0.05) is 19.7 Å². The topological polar surface area (TPSA) is 50.4 Å². The quantitative estimate of drug-likeness (QED) is 0.860. The molecule has 4 heteroatoms. The lowest BCUT2D eigenvalue weighted by molar-refractivity contribution is -0.126. The molecule has 2 aliphatic heterocycles. The van der Waals surface area contributed by atoms with Gasteiger partial charge in [-0.1, -0.05) is 24.3 Å². The van der Waals surface area contributed by atoms with Gasteiger partial charge in [0.25, 0.3) is 0 Å². The SMILES string of the molecule is CC1(NC(=O)C2CNCc3ccccc32)CCCOC1. The predicted molar refractivity (Wildman–Crippen MR) is 77.5 cm³/mol. The molecule has 2 atom stereocenters. The van der Waals surface area contributed by atoms with Crippen molar-refractivity contribution in [2.75, 3.05) is 19.8 Å². The smallest absolute Gasteiger partial charge is 0.229 e. The van der Waals surface area contributed by atoms with Crippen LogP contribution in [0.25, 0.3) is 0 Å². The van der Waals surface area contributed by atoms with Crippen LogP contribution in [0.5, 0.6) is 0 Å². The van der Waals surface area contributed by atoms with Crippen molar-refractivity contribution in [3.05, 3.63) is 35.4 Å². The monoisotopic (exact) mass is 274 g/mol. The number of carbonyl (C=O) groups is 1. The van der Waals surface area contributed by atoms with Crippen LogP contribution >= 0.6 is 0 Å². The van der Waals surface area contributed by atoms with Gasteiger partial charge in [0.2, 0.25) is 5.91 Å². The van der Waals surface area contributed by atoms with Crippen LogP contribution < -0.4 is 10.6 Å². The Balaban J connectivity index is 1.75. The van der Waals surface area contributed by atoms with Crippen molar-refractivity contribution in [3.8, 4) is 0 Å². The van der Waals surface area contributed by atoms with Gasteiger partial charge >= 0.3 is 0 Å². The number of hydrogen-bond acceptors (Lipinski definition) is 3. The molecule has 2 N–H and O–H groups in total. The van der Waals surface area contributed by atoms with Crippen LogP contribution in [0.1, 0.15) is 36.8 Å². The van der Waals surface area contributed by atoms with Crippen LogP contribution in [0.2, 0.25) is 0 Å². The Labute approximate surface area is 119 Å². The molecule has 1 saturated heterocycles. The molecule has 1 fully saturated rings. The van der Waals surface area contributed by atoms with E-state index in [1.54, 1.807) is 0 Å². The largest absolute Gasteiger partial charge is 0.379 e. The van der Waals surface area contributed by atoms with Crippen molar-refractivity contribution in [1.29, 1.82) is 0 Å². The van der Waals surface area contributed by atoms with Gasteiger partial charge < -0.3 is 15.4 Å². The van der Waals surface area contributed by atoms with Crippen molar-refractivity contribution in [2.24, 2.45) is 0 Å². The zero-order valence-electron chi connectivity index (χ0n) is 11.9. The Morgan fingerprint density at radius 2 is 2.30 bits per heavy atom. The van der Waals surface area contributed by atoms with E-state index in [1.165, 1.54) is 5.56 Å². The van der Waals surface area contributed by atoms with Crippen molar-refractivity contribution < 1.29 is 9.53 Å². The van der Waals surface area contributed by atoms with Gasteiger partial charge in [0.15, 0.2) is 0 Å². The second-order valence-electron chi connectivity index (χ2n) is 6.09. The average Bonchev–Trinajstić information content (AvgIpc) is 2.47. The summed E-state index contributed by atoms with van der Waals surface area (Å²) in [6, 6.07) is 8.19. The first-order valence-corrected chi connectivity index (χ1v) is 7.36. The van der Waals surface area contributed by atoms with E-state index in [4.69, 9.17) is 4.74 Å². The highest BCUT2D eigenvalue weighted by Crippen LogP contribution is 2.26. The number of amides is 1. The first kappa shape index (κ1) is 13.6. The zero-order chi connectivity index (χ0) is 14.0. The summed E-state index contributed by atoms with van der Waals surface area (Å²) in [7, 11) is 0. The molecule has 20 heavy (non-hydrogen) atoms. The molecule has 1 aromatic carbocycles. The van der Waals surface area contributed by atoms with Crippen molar-refractivity contribution in [2.45, 2.75) is 37.8 Å². The predicted octanol–water partition coefficient (Wildman–Crippen LogP) is 1.56. The number of nitrogens with one attached hydrogen (secondary N) is 2. The Bertz CT molecular complexity index is 495. The minimum absolute atomic E-state index is 0.0984. The van der Waals surface area contributed by atoms with Crippen LogP contribution in [0.15, 0.2) is 24.3 Å². The molecule has 0 radical (unpaired) electrons. The molecule has 0 bridgehead atoms. The zero-order valence-corrected chi connectivity index (χ0v) is 11.9. The number of benzene rings is 1. The summed E-state index contributed by atoms with van der Waals surface area (Å²) in [4.78, 5) is 12.6. The molecular weight excluding hydrogens is 252 g/mol.